The van der Waals surface area contributed by atoms with Crippen LogP contribution in [0.3, 0.4) is 0 Å². The summed E-state index contributed by atoms with van der Waals surface area (Å²) < 4.78 is 0. The minimum atomic E-state index is 0.0390. The van der Waals surface area contributed by atoms with Crippen LogP contribution in [0.15, 0.2) is 94.8 Å². The second-order valence-corrected chi connectivity index (χ2v) is 7.31. The molecular weight excluding hydrogens is 346 g/mol. The van der Waals surface area contributed by atoms with E-state index in [4.69, 9.17) is 16.6 Å². The van der Waals surface area contributed by atoms with Crippen molar-refractivity contribution in [3.05, 3.63) is 112 Å². The molecule has 1 heterocycles. The summed E-state index contributed by atoms with van der Waals surface area (Å²) in [6.45, 7) is 0. The van der Waals surface area contributed by atoms with Gasteiger partial charge in [0.05, 0.1) is 0 Å². The molecule has 1 aliphatic rings. The zero-order valence-electron chi connectivity index (χ0n) is 13.5. The third-order valence-electron chi connectivity index (χ3n) is 4.05. The van der Waals surface area contributed by atoms with Crippen LogP contribution in [0.5, 0.6) is 0 Å². The summed E-state index contributed by atoms with van der Waals surface area (Å²) in [5.41, 5.74) is 3.51. The zero-order chi connectivity index (χ0) is 17.1. The normalized spacial score (nSPS) is 18.4. The molecule has 0 spiro atoms. The number of aliphatic imine (C=N–C) groups is 1. The fourth-order valence-electron chi connectivity index (χ4n) is 2.80. The second-order valence-electron chi connectivity index (χ2n) is 5.81. The predicted octanol–water partition coefficient (Wildman–Crippen LogP) is 6.62. The molecule has 3 aromatic rings. The van der Waals surface area contributed by atoms with Crippen molar-refractivity contribution in [2.75, 3.05) is 0 Å². The van der Waals surface area contributed by atoms with Gasteiger partial charge in [-0.1, -0.05) is 96.2 Å². The molecule has 0 bridgehead atoms. The molecule has 0 N–H and O–H groups in total. The third kappa shape index (κ3) is 3.71. The molecule has 0 unspecified atom stereocenters. The molecule has 25 heavy (non-hydrogen) atoms. The van der Waals surface area contributed by atoms with Gasteiger partial charge >= 0.3 is 0 Å². The highest BCUT2D eigenvalue weighted by atomic mass is 35.5. The van der Waals surface area contributed by atoms with Gasteiger partial charge in [-0.3, -0.25) is 4.99 Å². The highest BCUT2D eigenvalue weighted by Crippen LogP contribution is 2.44. The maximum absolute atomic E-state index is 6.02. The van der Waals surface area contributed by atoms with Gasteiger partial charge < -0.3 is 0 Å². The second kappa shape index (κ2) is 7.30. The first-order valence-electron chi connectivity index (χ1n) is 8.13. The largest absolute Gasteiger partial charge is 0.264 e. The number of halogens is 1. The van der Waals surface area contributed by atoms with Gasteiger partial charge in [-0.15, -0.1) is 0 Å². The van der Waals surface area contributed by atoms with Crippen LogP contribution in [0.25, 0.3) is 6.08 Å². The summed E-state index contributed by atoms with van der Waals surface area (Å²) >= 11 is 7.76. The van der Waals surface area contributed by atoms with E-state index in [0.717, 1.165) is 15.6 Å². The summed E-state index contributed by atoms with van der Waals surface area (Å²) in [4.78, 5) is 6.24. The maximum Gasteiger partial charge on any atom is 0.108 e. The van der Waals surface area contributed by atoms with E-state index < -0.39 is 0 Å². The lowest BCUT2D eigenvalue weighted by Crippen LogP contribution is -1.93. The molecular formula is C22H16ClNS. The quantitative estimate of drug-likeness (QED) is 0.510. The fourth-order valence-corrected chi connectivity index (χ4v) is 4.05. The molecule has 1 nitrogen and oxygen atoms in total. The predicted molar refractivity (Wildman–Crippen MR) is 109 cm³/mol. The molecule has 4 rings (SSSR count). The molecule has 1 aliphatic heterocycles. The van der Waals surface area contributed by atoms with E-state index in [1.54, 1.807) is 11.8 Å². The van der Waals surface area contributed by atoms with Crippen molar-refractivity contribution in [1.82, 2.24) is 0 Å². The van der Waals surface area contributed by atoms with Crippen molar-refractivity contribution >= 4 is 34.5 Å². The van der Waals surface area contributed by atoms with Crippen molar-refractivity contribution in [2.45, 2.75) is 6.04 Å². The Bertz CT molecular complexity index is 915. The van der Waals surface area contributed by atoms with Gasteiger partial charge in [0.2, 0.25) is 0 Å². The van der Waals surface area contributed by atoms with Gasteiger partial charge in [0.25, 0.3) is 0 Å². The Hall–Kier alpha value is -2.29. The molecule has 0 aliphatic carbocycles. The Morgan fingerprint density at radius 3 is 2.12 bits per heavy atom. The number of hydrogen-bond acceptors (Lipinski definition) is 2. The van der Waals surface area contributed by atoms with E-state index in [1.165, 1.54) is 16.0 Å². The number of thioether (sulfide) groups is 1. The average Bonchev–Trinajstić information content (AvgIpc) is 3.08. The van der Waals surface area contributed by atoms with Crippen molar-refractivity contribution in [2.24, 2.45) is 4.99 Å². The molecule has 0 radical (unpaired) electrons. The van der Waals surface area contributed by atoms with Crippen molar-refractivity contribution in [1.29, 1.82) is 0 Å². The number of rotatable bonds is 3. The van der Waals surface area contributed by atoms with Crippen molar-refractivity contribution in [3.8, 4) is 0 Å². The number of hydrogen-bond donors (Lipinski definition) is 0. The van der Waals surface area contributed by atoms with Crippen LogP contribution in [0, 0.1) is 0 Å². The molecule has 3 heteroatoms. The number of benzene rings is 3. The molecule has 3 aromatic carbocycles. The van der Waals surface area contributed by atoms with Gasteiger partial charge in [-0.25, -0.2) is 0 Å². The van der Waals surface area contributed by atoms with Crippen molar-refractivity contribution < 1.29 is 0 Å². The summed E-state index contributed by atoms with van der Waals surface area (Å²) in [5, 5.41) is 1.78. The number of nitrogens with zero attached hydrogens (tertiary/aromatic N) is 1. The van der Waals surface area contributed by atoms with E-state index in [2.05, 4.69) is 54.6 Å². The average molecular weight is 362 g/mol. The standard InChI is InChI=1S/C22H16ClNS/c23-19-13-11-18(12-14-19)22-24-21(17-9-5-2-6-10-17)20(25-22)15-16-7-3-1-4-8-16/h1-15,21H/b20-15-/t21-/m1/s1. The van der Waals surface area contributed by atoms with Crippen LogP contribution in [-0.2, 0) is 0 Å². The van der Waals surface area contributed by atoms with E-state index >= 15 is 0 Å². The molecule has 0 amide bonds. The smallest absolute Gasteiger partial charge is 0.108 e. The Balaban J connectivity index is 1.74. The van der Waals surface area contributed by atoms with Crippen LogP contribution in [0.2, 0.25) is 5.02 Å². The van der Waals surface area contributed by atoms with E-state index in [-0.39, 0.29) is 6.04 Å². The first-order valence-corrected chi connectivity index (χ1v) is 9.32. The molecule has 0 saturated heterocycles. The molecule has 0 fully saturated rings. The van der Waals surface area contributed by atoms with E-state index in [0.29, 0.717) is 0 Å². The Morgan fingerprint density at radius 1 is 0.800 bits per heavy atom. The van der Waals surface area contributed by atoms with Crippen LogP contribution in [0.1, 0.15) is 22.7 Å². The van der Waals surface area contributed by atoms with Gasteiger partial charge in [-0.2, -0.15) is 0 Å². The van der Waals surface area contributed by atoms with Crippen LogP contribution in [-0.4, -0.2) is 5.04 Å². The molecule has 1 atom stereocenters. The summed E-state index contributed by atoms with van der Waals surface area (Å²) in [7, 11) is 0. The van der Waals surface area contributed by atoms with Crippen LogP contribution >= 0.6 is 23.4 Å². The first-order chi connectivity index (χ1) is 12.3. The highest BCUT2D eigenvalue weighted by Gasteiger charge is 2.26. The van der Waals surface area contributed by atoms with Crippen molar-refractivity contribution in [3.63, 3.8) is 0 Å². The van der Waals surface area contributed by atoms with Gasteiger partial charge in [0.15, 0.2) is 0 Å². The van der Waals surface area contributed by atoms with Crippen LogP contribution < -0.4 is 0 Å². The lowest BCUT2D eigenvalue weighted by atomic mass is 10.1. The lowest BCUT2D eigenvalue weighted by Gasteiger charge is -2.09. The summed E-state index contributed by atoms with van der Waals surface area (Å²) in [6.07, 6.45) is 2.23. The lowest BCUT2D eigenvalue weighted by molar-refractivity contribution is 0.917. The zero-order valence-corrected chi connectivity index (χ0v) is 15.0. The molecule has 0 aromatic heterocycles. The van der Waals surface area contributed by atoms with E-state index in [1.807, 2.05) is 36.4 Å². The van der Waals surface area contributed by atoms with E-state index in [9.17, 15) is 0 Å². The molecule has 0 saturated carbocycles. The SMILES string of the molecule is Clc1ccc(C2=N[C@H](c3ccccc3)/C(=C/c3ccccc3)S2)cc1. The summed E-state index contributed by atoms with van der Waals surface area (Å²) in [5.74, 6) is 0. The minimum Gasteiger partial charge on any atom is -0.264 e. The summed E-state index contributed by atoms with van der Waals surface area (Å²) in [6, 6.07) is 28.8. The third-order valence-corrected chi connectivity index (χ3v) is 5.41. The van der Waals surface area contributed by atoms with Gasteiger partial charge in [0.1, 0.15) is 11.1 Å². The molecule has 122 valence electrons. The topological polar surface area (TPSA) is 12.4 Å². The van der Waals surface area contributed by atoms with Crippen LogP contribution in [0.4, 0.5) is 0 Å². The minimum absolute atomic E-state index is 0.0390. The Morgan fingerprint density at radius 2 is 1.44 bits per heavy atom. The fraction of sp³-hybridized carbons (Fsp3) is 0.0455. The first kappa shape index (κ1) is 16.2. The monoisotopic (exact) mass is 361 g/mol. The highest BCUT2D eigenvalue weighted by molar-refractivity contribution is 8.18. The van der Waals surface area contributed by atoms with Gasteiger partial charge in [-0.05, 0) is 29.3 Å². The van der Waals surface area contributed by atoms with Gasteiger partial charge in [0, 0.05) is 15.5 Å². The Labute approximate surface area is 157 Å². The Kier molecular flexibility index (Phi) is 4.73. The maximum atomic E-state index is 6.02.